The predicted molar refractivity (Wildman–Crippen MR) is 107 cm³/mol. The highest BCUT2D eigenvalue weighted by molar-refractivity contribution is 7.99. The Hall–Kier alpha value is -3.13. The highest BCUT2D eigenvalue weighted by atomic mass is 32.2. The molecule has 2 heterocycles. The second-order valence-electron chi connectivity index (χ2n) is 6.41. The zero-order valence-electron chi connectivity index (χ0n) is 15.4. The number of rotatable bonds is 5. The van der Waals surface area contributed by atoms with E-state index in [0.717, 1.165) is 5.69 Å². The molecule has 3 aromatic rings. The van der Waals surface area contributed by atoms with Gasteiger partial charge in [-0.1, -0.05) is 18.2 Å². The maximum atomic E-state index is 14.1. The fourth-order valence-corrected chi connectivity index (χ4v) is 4.42. The monoisotopic (exact) mass is 411 g/mol. The second-order valence-corrected chi connectivity index (χ2v) is 7.59. The van der Waals surface area contributed by atoms with E-state index in [-0.39, 0.29) is 18.3 Å². The molecule has 29 heavy (non-hydrogen) atoms. The topological polar surface area (TPSA) is 64.4 Å². The molecule has 0 unspecified atom stereocenters. The van der Waals surface area contributed by atoms with Crippen LogP contribution >= 0.6 is 11.8 Å². The van der Waals surface area contributed by atoms with Gasteiger partial charge in [0.25, 0.3) is 5.91 Å². The van der Waals surface area contributed by atoms with Crippen molar-refractivity contribution in [1.29, 1.82) is 0 Å². The molecule has 0 radical (unpaired) electrons. The third-order valence-corrected chi connectivity index (χ3v) is 5.82. The maximum Gasteiger partial charge on any atom is 0.338 e. The van der Waals surface area contributed by atoms with E-state index in [0.29, 0.717) is 23.4 Å². The van der Waals surface area contributed by atoms with Gasteiger partial charge in [0, 0.05) is 30.3 Å². The molecule has 0 spiro atoms. The summed E-state index contributed by atoms with van der Waals surface area (Å²) >= 11 is 1.49. The zero-order valence-corrected chi connectivity index (χ0v) is 16.2. The lowest BCUT2D eigenvalue weighted by molar-refractivity contribution is -0.134. The summed E-state index contributed by atoms with van der Waals surface area (Å²) in [6.07, 6.45) is 3.46. The molecule has 148 valence electrons. The van der Waals surface area contributed by atoms with Crippen LogP contribution in [0.1, 0.15) is 21.3 Å². The van der Waals surface area contributed by atoms with E-state index >= 15 is 0 Å². The van der Waals surface area contributed by atoms with Crippen LogP contribution in [0.25, 0.3) is 5.69 Å². The van der Waals surface area contributed by atoms with E-state index in [4.69, 9.17) is 4.74 Å². The Bertz CT molecular complexity index is 1010. The van der Waals surface area contributed by atoms with Crippen LogP contribution in [0.2, 0.25) is 0 Å². The van der Waals surface area contributed by atoms with Gasteiger partial charge in [0.1, 0.15) is 11.2 Å². The first-order valence-corrected chi connectivity index (χ1v) is 10.1. The predicted octanol–water partition coefficient (Wildman–Crippen LogP) is 3.44. The summed E-state index contributed by atoms with van der Waals surface area (Å²) in [5.41, 5.74) is 1.61. The van der Waals surface area contributed by atoms with Crippen LogP contribution in [0.15, 0.2) is 67.0 Å². The lowest BCUT2D eigenvalue weighted by Crippen LogP contribution is -2.34. The fraction of sp³-hybridized carbons (Fsp3) is 0.190. The molecule has 0 N–H and O–H groups in total. The van der Waals surface area contributed by atoms with Gasteiger partial charge < -0.3 is 9.64 Å². The Kier molecular flexibility index (Phi) is 5.62. The summed E-state index contributed by atoms with van der Waals surface area (Å²) in [6, 6.07) is 15.0. The van der Waals surface area contributed by atoms with E-state index in [2.05, 4.69) is 5.10 Å². The third-order valence-electron chi connectivity index (χ3n) is 4.58. The molecule has 1 fully saturated rings. The summed E-state index contributed by atoms with van der Waals surface area (Å²) in [6.45, 7) is 0.101. The molecule has 1 amide bonds. The molecule has 1 saturated heterocycles. The van der Waals surface area contributed by atoms with Gasteiger partial charge in [-0.2, -0.15) is 5.10 Å². The number of halogens is 1. The third kappa shape index (κ3) is 4.17. The van der Waals surface area contributed by atoms with Crippen LogP contribution in [0.5, 0.6) is 0 Å². The van der Waals surface area contributed by atoms with Crippen molar-refractivity contribution in [2.24, 2.45) is 0 Å². The van der Waals surface area contributed by atoms with Gasteiger partial charge in [-0.15, -0.1) is 11.8 Å². The van der Waals surface area contributed by atoms with E-state index in [9.17, 15) is 14.0 Å². The minimum absolute atomic E-state index is 0.343. The second kappa shape index (κ2) is 8.48. The highest BCUT2D eigenvalue weighted by Gasteiger charge is 2.32. The van der Waals surface area contributed by atoms with Gasteiger partial charge >= 0.3 is 5.97 Å². The van der Waals surface area contributed by atoms with Crippen molar-refractivity contribution in [3.63, 3.8) is 0 Å². The first-order chi connectivity index (χ1) is 14.1. The van der Waals surface area contributed by atoms with Crippen molar-refractivity contribution in [2.75, 3.05) is 18.9 Å². The number of benzene rings is 2. The maximum absolute atomic E-state index is 14.1. The highest BCUT2D eigenvalue weighted by Crippen LogP contribution is 2.38. The zero-order chi connectivity index (χ0) is 20.2. The summed E-state index contributed by atoms with van der Waals surface area (Å²) in [7, 11) is 0. The van der Waals surface area contributed by atoms with Crippen LogP contribution in [-0.4, -0.2) is 45.5 Å². The minimum Gasteiger partial charge on any atom is -0.452 e. The number of aromatic nitrogens is 2. The summed E-state index contributed by atoms with van der Waals surface area (Å²) < 4.78 is 21.0. The van der Waals surface area contributed by atoms with Crippen LogP contribution in [-0.2, 0) is 9.53 Å². The van der Waals surface area contributed by atoms with Crippen molar-refractivity contribution >= 4 is 23.6 Å². The van der Waals surface area contributed by atoms with Crippen LogP contribution in [0.3, 0.4) is 0 Å². The van der Waals surface area contributed by atoms with Crippen LogP contribution in [0.4, 0.5) is 4.39 Å². The van der Waals surface area contributed by atoms with E-state index < -0.39 is 11.3 Å². The summed E-state index contributed by atoms with van der Waals surface area (Å²) in [5.74, 6) is -0.573. The Morgan fingerprint density at radius 2 is 1.93 bits per heavy atom. The minimum atomic E-state index is -0.584. The number of ether oxygens (including phenoxy) is 1. The number of carbonyl (C=O) groups is 2. The quantitative estimate of drug-likeness (QED) is 0.602. The summed E-state index contributed by atoms with van der Waals surface area (Å²) in [4.78, 5) is 26.4. The molecule has 1 aromatic heterocycles. The number of amides is 1. The molecule has 0 bridgehead atoms. The molecule has 1 atom stereocenters. The van der Waals surface area contributed by atoms with E-state index in [1.54, 1.807) is 70.5 Å². The molecular formula is C21H18FN3O3S. The number of nitrogens with zero attached hydrogens (tertiary/aromatic N) is 3. The van der Waals surface area contributed by atoms with Crippen molar-refractivity contribution in [2.45, 2.75) is 5.37 Å². The first-order valence-electron chi connectivity index (χ1n) is 9.06. The molecule has 0 aliphatic carbocycles. The molecule has 4 rings (SSSR count). The number of thioether (sulfide) groups is 1. The SMILES string of the molecule is O=C(OCC(=O)N1CCS[C@H]1c1ccccc1F)c1ccc(-n2cccn2)cc1. The Morgan fingerprint density at radius 1 is 1.14 bits per heavy atom. The van der Waals surface area contributed by atoms with Gasteiger partial charge in [0.15, 0.2) is 6.61 Å². The van der Waals surface area contributed by atoms with Crippen molar-refractivity contribution < 1.29 is 18.7 Å². The van der Waals surface area contributed by atoms with Gasteiger partial charge in [0.2, 0.25) is 0 Å². The molecule has 0 saturated carbocycles. The van der Waals surface area contributed by atoms with Gasteiger partial charge in [-0.3, -0.25) is 4.79 Å². The molecular weight excluding hydrogens is 393 g/mol. The van der Waals surface area contributed by atoms with Gasteiger partial charge in [0.05, 0.1) is 11.3 Å². The van der Waals surface area contributed by atoms with Crippen LogP contribution in [0, 0.1) is 5.82 Å². The van der Waals surface area contributed by atoms with Crippen molar-refractivity contribution in [1.82, 2.24) is 14.7 Å². The fourth-order valence-electron chi connectivity index (χ4n) is 3.12. The molecule has 1 aliphatic heterocycles. The average Bonchev–Trinajstić information content (AvgIpc) is 3.44. The largest absolute Gasteiger partial charge is 0.452 e. The van der Waals surface area contributed by atoms with Crippen molar-refractivity contribution in [3.05, 3.63) is 83.9 Å². The number of hydrogen-bond acceptors (Lipinski definition) is 5. The Morgan fingerprint density at radius 3 is 2.66 bits per heavy atom. The van der Waals surface area contributed by atoms with Crippen molar-refractivity contribution in [3.8, 4) is 5.69 Å². The number of hydrogen-bond donors (Lipinski definition) is 0. The Labute approximate surface area is 171 Å². The molecule has 8 heteroatoms. The normalized spacial score (nSPS) is 16.0. The lowest BCUT2D eigenvalue weighted by Gasteiger charge is -2.24. The number of esters is 1. The van der Waals surface area contributed by atoms with Gasteiger partial charge in [-0.05, 0) is 36.4 Å². The first kappa shape index (κ1) is 19.2. The molecule has 6 nitrogen and oxygen atoms in total. The van der Waals surface area contributed by atoms with Crippen LogP contribution < -0.4 is 0 Å². The summed E-state index contributed by atoms with van der Waals surface area (Å²) in [5, 5.41) is 3.72. The van der Waals surface area contributed by atoms with Gasteiger partial charge in [-0.25, -0.2) is 13.9 Å². The van der Waals surface area contributed by atoms with E-state index in [1.165, 1.54) is 17.8 Å². The Balaban J connectivity index is 1.37. The lowest BCUT2D eigenvalue weighted by atomic mass is 10.2. The average molecular weight is 411 g/mol. The standard InChI is InChI=1S/C21H18FN3O3S/c22-18-5-2-1-4-17(18)20-24(12-13-29-20)19(26)14-28-21(27)15-6-8-16(9-7-15)25-11-3-10-23-25/h1-11,20H,12-14H2/t20-/m0/s1. The smallest absolute Gasteiger partial charge is 0.338 e. The van der Waals surface area contributed by atoms with E-state index in [1.807, 2.05) is 0 Å². The molecule has 1 aliphatic rings. The number of carbonyl (C=O) groups excluding carboxylic acids is 2. The molecule has 2 aromatic carbocycles.